The molecule has 0 saturated carbocycles. The number of hydrogen-bond acceptors (Lipinski definition) is 4. The first kappa shape index (κ1) is 19.9. The second-order valence-electron chi connectivity index (χ2n) is 6.98. The molecule has 0 fully saturated rings. The summed E-state index contributed by atoms with van der Waals surface area (Å²) < 4.78 is 0. The molecule has 0 aliphatic rings. The monoisotopic (exact) mass is 296 g/mol. The van der Waals surface area contributed by atoms with Crippen molar-refractivity contribution in [3.8, 4) is 0 Å². The van der Waals surface area contributed by atoms with Gasteiger partial charge in [-0.05, 0) is 69.2 Å². The summed E-state index contributed by atoms with van der Waals surface area (Å²) in [7, 11) is 0. The Bertz CT molecular complexity index is 304. The van der Waals surface area contributed by atoms with E-state index in [9.17, 15) is 0 Å². The summed E-state index contributed by atoms with van der Waals surface area (Å²) in [6.07, 6.45) is 0.825. The van der Waals surface area contributed by atoms with Gasteiger partial charge in [0, 0.05) is 42.0 Å². The Hall–Kier alpha value is -1.06. The van der Waals surface area contributed by atoms with Gasteiger partial charge >= 0.3 is 0 Å². The Morgan fingerprint density at radius 3 is 1.05 bits per heavy atom. The number of rotatable bonds is 8. The second-order valence-corrected chi connectivity index (χ2v) is 6.98. The minimum absolute atomic E-state index is 0.417. The van der Waals surface area contributed by atoms with Crippen molar-refractivity contribution < 1.29 is 0 Å². The van der Waals surface area contributed by atoms with Crippen LogP contribution in [-0.2, 0) is 0 Å². The summed E-state index contributed by atoms with van der Waals surface area (Å²) in [5.41, 5.74) is 2.23. The van der Waals surface area contributed by atoms with Gasteiger partial charge in [0.2, 0.25) is 0 Å². The van der Waals surface area contributed by atoms with Crippen LogP contribution < -0.4 is 0 Å². The van der Waals surface area contributed by atoms with E-state index in [0.717, 1.165) is 17.8 Å². The van der Waals surface area contributed by atoms with E-state index in [1.54, 1.807) is 0 Å². The van der Waals surface area contributed by atoms with Crippen molar-refractivity contribution in [3.05, 3.63) is 0 Å². The van der Waals surface area contributed by atoms with E-state index >= 15 is 0 Å². The fourth-order valence-corrected chi connectivity index (χ4v) is 2.49. The molecule has 0 heterocycles. The Balaban J connectivity index is 4.93. The third kappa shape index (κ3) is 7.49. The highest BCUT2D eigenvalue weighted by molar-refractivity contribution is 6.02. The van der Waals surface area contributed by atoms with Crippen molar-refractivity contribution >= 4 is 11.4 Å². The van der Waals surface area contributed by atoms with E-state index in [1.807, 2.05) is 0 Å². The van der Waals surface area contributed by atoms with Gasteiger partial charge in [0.1, 0.15) is 0 Å². The Kier molecular flexibility index (Phi) is 8.60. The molecule has 0 bridgehead atoms. The summed E-state index contributed by atoms with van der Waals surface area (Å²) >= 11 is 0. The van der Waals surface area contributed by atoms with Gasteiger partial charge in [-0.1, -0.05) is 0 Å². The molecule has 0 aromatic rings. The SMILES string of the molecule is C/C(C/C(C)=N/N(C(C)C)C(C)C)=N/N(C(C)C)C(C)C. The quantitative estimate of drug-likeness (QED) is 0.492. The highest BCUT2D eigenvalue weighted by Gasteiger charge is 2.13. The molecule has 0 aromatic heterocycles. The molecule has 0 unspecified atom stereocenters. The third-order valence-electron chi connectivity index (χ3n) is 3.20. The molecular formula is C17H36N4. The van der Waals surface area contributed by atoms with Crippen molar-refractivity contribution in [3.63, 3.8) is 0 Å². The van der Waals surface area contributed by atoms with E-state index in [-0.39, 0.29) is 0 Å². The summed E-state index contributed by atoms with van der Waals surface area (Å²) in [5, 5.41) is 13.8. The predicted molar refractivity (Wildman–Crippen MR) is 95.1 cm³/mol. The lowest BCUT2D eigenvalue weighted by molar-refractivity contribution is 0.182. The first-order valence-corrected chi connectivity index (χ1v) is 8.21. The van der Waals surface area contributed by atoms with Crippen LogP contribution in [0, 0.1) is 0 Å². The zero-order chi connectivity index (χ0) is 16.7. The van der Waals surface area contributed by atoms with Gasteiger partial charge in [-0.15, -0.1) is 0 Å². The van der Waals surface area contributed by atoms with Gasteiger partial charge in [-0.25, -0.2) is 0 Å². The first-order chi connectivity index (χ1) is 9.56. The Morgan fingerprint density at radius 1 is 0.619 bits per heavy atom. The zero-order valence-corrected chi connectivity index (χ0v) is 15.8. The smallest absolute Gasteiger partial charge is 0.0417 e. The third-order valence-corrected chi connectivity index (χ3v) is 3.20. The molecule has 124 valence electrons. The fraction of sp³-hybridized carbons (Fsp3) is 0.882. The summed E-state index contributed by atoms with van der Waals surface area (Å²) in [4.78, 5) is 0. The average molecular weight is 297 g/mol. The maximum Gasteiger partial charge on any atom is 0.0417 e. The molecule has 21 heavy (non-hydrogen) atoms. The molecule has 0 spiro atoms. The van der Waals surface area contributed by atoms with Gasteiger partial charge in [0.15, 0.2) is 0 Å². The minimum atomic E-state index is 0.417. The van der Waals surface area contributed by atoms with Gasteiger partial charge in [-0.3, -0.25) is 10.0 Å². The van der Waals surface area contributed by atoms with E-state index in [4.69, 9.17) is 10.2 Å². The van der Waals surface area contributed by atoms with Gasteiger partial charge in [0.25, 0.3) is 0 Å². The topological polar surface area (TPSA) is 31.2 Å². The molecule has 0 aliphatic heterocycles. The summed E-state index contributed by atoms with van der Waals surface area (Å²) in [6.45, 7) is 21.6. The van der Waals surface area contributed by atoms with Crippen molar-refractivity contribution in [2.75, 3.05) is 0 Å². The van der Waals surface area contributed by atoms with Crippen molar-refractivity contribution in [1.82, 2.24) is 10.0 Å². The maximum atomic E-state index is 4.76. The highest BCUT2D eigenvalue weighted by Crippen LogP contribution is 2.09. The van der Waals surface area contributed by atoms with Crippen LogP contribution >= 0.6 is 0 Å². The predicted octanol–water partition coefficient (Wildman–Crippen LogP) is 4.37. The zero-order valence-electron chi connectivity index (χ0n) is 15.8. The molecule has 0 rings (SSSR count). The van der Waals surface area contributed by atoms with Crippen LogP contribution in [0.25, 0.3) is 0 Å². The lowest BCUT2D eigenvalue weighted by Gasteiger charge is -2.29. The van der Waals surface area contributed by atoms with Crippen LogP contribution in [0.4, 0.5) is 0 Å². The molecule has 4 nitrogen and oxygen atoms in total. The van der Waals surface area contributed by atoms with E-state index in [0.29, 0.717) is 24.2 Å². The number of hydrazone groups is 2. The van der Waals surface area contributed by atoms with Crippen LogP contribution in [0.3, 0.4) is 0 Å². The molecule has 0 amide bonds. The lowest BCUT2D eigenvalue weighted by atomic mass is 10.2. The van der Waals surface area contributed by atoms with Crippen molar-refractivity contribution in [2.24, 2.45) is 10.2 Å². The van der Waals surface area contributed by atoms with Gasteiger partial charge < -0.3 is 0 Å². The van der Waals surface area contributed by atoms with Crippen molar-refractivity contribution in [2.45, 2.75) is 99.8 Å². The van der Waals surface area contributed by atoms with Crippen LogP contribution in [0.15, 0.2) is 10.2 Å². The standard InChI is InChI=1S/C17H36N4/c1-12(2)20(13(3)4)18-16(9)11-17(10)19-21(14(5)6)15(7)8/h12-15H,11H2,1-10H3/b18-16-,19-17+. The summed E-state index contributed by atoms with van der Waals surface area (Å²) in [6, 6.07) is 1.67. The highest BCUT2D eigenvalue weighted by atomic mass is 15.5. The normalized spacial score (nSPS) is 13.8. The molecule has 0 atom stereocenters. The van der Waals surface area contributed by atoms with Gasteiger partial charge in [0.05, 0.1) is 0 Å². The van der Waals surface area contributed by atoms with Crippen LogP contribution in [0.5, 0.6) is 0 Å². The number of nitrogens with zero attached hydrogens (tertiary/aromatic N) is 4. The average Bonchev–Trinajstić information content (AvgIpc) is 2.31. The Labute approximate surface area is 132 Å². The fourth-order valence-electron chi connectivity index (χ4n) is 2.49. The molecule has 4 heteroatoms. The minimum Gasteiger partial charge on any atom is -0.292 e. The molecule has 0 radical (unpaired) electrons. The largest absolute Gasteiger partial charge is 0.292 e. The molecule has 0 N–H and O–H groups in total. The van der Waals surface area contributed by atoms with Gasteiger partial charge in [-0.2, -0.15) is 10.2 Å². The summed E-state index contributed by atoms with van der Waals surface area (Å²) in [5.74, 6) is 0. The molecular weight excluding hydrogens is 260 g/mol. The maximum absolute atomic E-state index is 4.76. The first-order valence-electron chi connectivity index (χ1n) is 8.21. The Morgan fingerprint density at radius 2 is 0.857 bits per heavy atom. The van der Waals surface area contributed by atoms with Crippen LogP contribution in [0.1, 0.15) is 75.7 Å². The number of hydrogen-bond donors (Lipinski definition) is 0. The van der Waals surface area contributed by atoms with Crippen LogP contribution in [0.2, 0.25) is 0 Å². The van der Waals surface area contributed by atoms with E-state index in [1.165, 1.54) is 0 Å². The second kappa shape index (κ2) is 9.06. The molecule has 0 saturated heterocycles. The molecule has 0 aliphatic carbocycles. The van der Waals surface area contributed by atoms with Crippen LogP contribution in [-0.4, -0.2) is 45.6 Å². The van der Waals surface area contributed by atoms with E-state index in [2.05, 4.69) is 79.3 Å². The lowest BCUT2D eigenvalue weighted by Crippen LogP contribution is -2.34. The molecule has 0 aromatic carbocycles. The van der Waals surface area contributed by atoms with E-state index < -0.39 is 0 Å². The van der Waals surface area contributed by atoms with Crippen molar-refractivity contribution in [1.29, 1.82) is 0 Å².